The van der Waals surface area contributed by atoms with E-state index in [4.69, 9.17) is 11.6 Å². The van der Waals surface area contributed by atoms with Crippen molar-refractivity contribution in [3.05, 3.63) is 30.1 Å². The lowest BCUT2D eigenvalue weighted by Gasteiger charge is -2.12. The first-order chi connectivity index (χ1) is 7.59. The Morgan fingerprint density at radius 2 is 2.25 bits per heavy atom. The Bertz CT molecular complexity index is 327. The molecule has 0 fully saturated rings. The molecule has 0 radical (unpaired) electrons. The summed E-state index contributed by atoms with van der Waals surface area (Å²) in [5.74, 6) is 0.365. The Kier molecular flexibility index (Phi) is 5.26. The van der Waals surface area contributed by atoms with E-state index in [0.29, 0.717) is 18.2 Å². The zero-order valence-corrected chi connectivity index (χ0v) is 10.4. The van der Waals surface area contributed by atoms with Crippen molar-refractivity contribution < 1.29 is 4.79 Å². The third-order valence-electron chi connectivity index (χ3n) is 2.11. The Morgan fingerprint density at radius 1 is 1.50 bits per heavy atom. The van der Waals surface area contributed by atoms with E-state index in [1.807, 2.05) is 0 Å². The summed E-state index contributed by atoms with van der Waals surface area (Å²) < 4.78 is 0. The Labute approximate surface area is 101 Å². The van der Waals surface area contributed by atoms with Crippen molar-refractivity contribution in [1.82, 2.24) is 10.3 Å². The SMILES string of the molecule is CC(C)CC(Cl)CNC(=O)c1ccccn1. The van der Waals surface area contributed by atoms with Gasteiger partial charge in [-0.15, -0.1) is 11.6 Å². The van der Waals surface area contributed by atoms with Gasteiger partial charge in [-0.1, -0.05) is 19.9 Å². The van der Waals surface area contributed by atoms with Gasteiger partial charge in [-0.3, -0.25) is 9.78 Å². The van der Waals surface area contributed by atoms with Crippen LogP contribution in [0.2, 0.25) is 0 Å². The van der Waals surface area contributed by atoms with Crippen LogP contribution >= 0.6 is 11.6 Å². The first-order valence-corrected chi connectivity index (χ1v) is 5.86. The average Bonchev–Trinajstić information content (AvgIpc) is 2.26. The van der Waals surface area contributed by atoms with E-state index in [1.54, 1.807) is 24.4 Å². The van der Waals surface area contributed by atoms with Gasteiger partial charge < -0.3 is 5.32 Å². The number of nitrogens with zero attached hydrogens (tertiary/aromatic N) is 1. The Morgan fingerprint density at radius 3 is 2.81 bits per heavy atom. The number of hydrogen-bond donors (Lipinski definition) is 1. The van der Waals surface area contributed by atoms with E-state index in [1.165, 1.54) is 0 Å². The van der Waals surface area contributed by atoms with Crippen LogP contribution in [0.1, 0.15) is 30.8 Å². The molecule has 0 bridgehead atoms. The smallest absolute Gasteiger partial charge is 0.269 e. The number of halogens is 1. The van der Waals surface area contributed by atoms with Crippen LogP contribution in [0, 0.1) is 5.92 Å². The van der Waals surface area contributed by atoms with Gasteiger partial charge in [-0.05, 0) is 24.5 Å². The molecule has 1 N–H and O–H groups in total. The standard InChI is InChI=1S/C12H17ClN2O/c1-9(2)7-10(13)8-15-12(16)11-5-3-4-6-14-11/h3-6,9-10H,7-8H2,1-2H3,(H,15,16). The van der Waals surface area contributed by atoms with Gasteiger partial charge >= 0.3 is 0 Å². The lowest BCUT2D eigenvalue weighted by atomic mass is 10.1. The van der Waals surface area contributed by atoms with Crippen LogP contribution in [0.25, 0.3) is 0 Å². The van der Waals surface area contributed by atoms with Gasteiger partial charge in [0.2, 0.25) is 0 Å². The van der Waals surface area contributed by atoms with Crippen molar-refractivity contribution in [3.8, 4) is 0 Å². The number of alkyl halides is 1. The minimum atomic E-state index is -0.171. The molecule has 0 aliphatic heterocycles. The highest BCUT2D eigenvalue weighted by Crippen LogP contribution is 2.09. The topological polar surface area (TPSA) is 42.0 Å². The third-order valence-corrected chi connectivity index (χ3v) is 2.44. The minimum absolute atomic E-state index is 0.0207. The normalized spacial score (nSPS) is 12.5. The summed E-state index contributed by atoms with van der Waals surface area (Å²) in [5.41, 5.74) is 0.427. The van der Waals surface area contributed by atoms with E-state index >= 15 is 0 Å². The number of carbonyl (C=O) groups excluding carboxylic acids is 1. The van der Waals surface area contributed by atoms with Crippen molar-refractivity contribution in [2.24, 2.45) is 5.92 Å². The lowest BCUT2D eigenvalue weighted by Crippen LogP contribution is -2.30. The van der Waals surface area contributed by atoms with Crippen LogP contribution in [-0.2, 0) is 0 Å². The Hall–Kier alpha value is -1.09. The molecule has 3 nitrogen and oxygen atoms in total. The van der Waals surface area contributed by atoms with E-state index in [0.717, 1.165) is 6.42 Å². The fourth-order valence-corrected chi connectivity index (χ4v) is 1.82. The summed E-state index contributed by atoms with van der Waals surface area (Å²) in [6.45, 7) is 4.70. The average molecular weight is 241 g/mol. The van der Waals surface area contributed by atoms with Gasteiger partial charge in [-0.2, -0.15) is 0 Å². The third kappa shape index (κ3) is 4.62. The maximum Gasteiger partial charge on any atom is 0.269 e. The quantitative estimate of drug-likeness (QED) is 0.804. The highest BCUT2D eigenvalue weighted by atomic mass is 35.5. The number of carbonyl (C=O) groups is 1. The zero-order valence-electron chi connectivity index (χ0n) is 9.61. The summed E-state index contributed by atoms with van der Waals surface area (Å²) in [4.78, 5) is 15.6. The fourth-order valence-electron chi connectivity index (χ4n) is 1.39. The van der Waals surface area contributed by atoms with Crippen LogP contribution in [0.15, 0.2) is 24.4 Å². The van der Waals surface area contributed by atoms with Crippen molar-refractivity contribution in [2.45, 2.75) is 25.6 Å². The fraction of sp³-hybridized carbons (Fsp3) is 0.500. The minimum Gasteiger partial charge on any atom is -0.349 e. The summed E-state index contributed by atoms with van der Waals surface area (Å²) in [6, 6.07) is 5.25. The van der Waals surface area contributed by atoms with Crippen LogP contribution < -0.4 is 5.32 Å². The molecule has 1 rings (SSSR count). The van der Waals surface area contributed by atoms with Crippen LogP contribution in [0.4, 0.5) is 0 Å². The van der Waals surface area contributed by atoms with Crippen LogP contribution in [0.5, 0.6) is 0 Å². The molecular formula is C12H17ClN2O. The van der Waals surface area contributed by atoms with Crippen molar-refractivity contribution in [3.63, 3.8) is 0 Å². The summed E-state index contributed by atoms with van der Waals surface area (Å²) in [7, 11) is 0. The molecule has 0 saturated carbocycles. The molecule has 1 unspecified atom stereocenters. The number of rotatable bonds is 5. The predicted molar refractivity (Wildman–Crippen MR) is 65.7 cm³/mol. The van der Waals surface area contributed by atoms with Crippen molar-refractivity contribution in [2.75, 3.05) is 6.54 Å². The van der Waals surface area contributed by atoms with Gasteiger partial charge in [0.1, 0.15) is 5.69 Å². The molecule has 0 aliphatic rings. The van der Waals surface area contributed by atoms with Crippen LogP contribution in [-0.4, -0.2) is 22.8 Å². The van der Waals surface area contributed by atoms with Gasteiger partial charge in [-0.25, -0.2) is 0 Å². The molecule has 0 saturated heterocycles. The summed E-state index contributed by atoms with van der Waals surface area (Å²) in [5, 5.41) is 2.75. The summed E-state index contributed by atoms with van der Waals surface area (Å²) >= 11 is 6.07. The highest BCUT2D eigenvalue weighted by molar-refractivity contribution is 6.20. The molecule has 1 atom stereocenters. The number of aromatic nitrogens is 1. The second kappa shape index (κ2) is 6.48. The highest BCUT2D eigenvalue weighted by Gasteiger charge is 2.10. The van der Waals surface area contributed by atoms with Crippen LogP contribution in [0.3, 0.4) is 0 Å². The number of pyridine rings is 1. The van der Waals surface area contributed by atoms with E-state index in [-0.39, 0.29) is 11.3 Å². The molecule has 1 aromatic heterocycles. The predicted octanol–water partition coefficient (Wildman–Crippen LogP) is 2.46. The van der Waals surface area contributed by atoms with Gasteiger partial charge in [0.05, 0.1) is 5.38 Å². The first-order valence-electron chi connectivity index (χ1n) is 5.43. The van der Waals surface area contributed by atoms with Crippen molar-refractivity contribution in [1.29, 1.82) is 0 Å². The van der Waals surface area contributed by atoms with E-state index in [9.17, 15) is 4.79 Å². The largest absolute Gasteiger partial charge is 0.349 e. The molecule has 0 aromatic carbocycles. The second-order valence-corrected chi connectivity index (χ2v) is 4.77. The van der Waals surface area contributed by atoms with E-state index in [2.05, 4.69) is 24.1 Å². The van der Waals surface area contributed by atoms with Crippen molar-refractivity contribution >= 4 is 17.5 Å². The molecule has 0 spiro atoms. The molecule has 1 aromatic rings. The molecule has 1 heterocycles. The Balaban J connectivity index is 2.36. The molecule has 88 valence electrons. The van der Waals surface area contributed by atoms with Gasteiger partial charge in [0.15, 0.2) is 0 Å². The molecular weight excluding hydrogens is 224 g/mol. The first kappa shape index (κ1) is 13.0. The second-order valence-electron chi connectivity index (χ2n) is 4.15. The number of nitrogens with one attached hydrogen (secondary N) is 1. The van der Waals surface area contributed by atoms with E-state index < -0.39 is 0 Å². The molecule has 0 aliphatic carbocycles. The maximum atomic E-state index is 11.6. The molecule has 16 heavy (non-hydrogen) atoms. The zero-order chi connectivity index (χ0) is 12.0. The number of amides is 1. The molecule has 1 amide bonds. The lowest BCUT2D eigenvalue weighted by molar-refractivity contribution is 0.0948. The van der Waals surface area contributed by atoms with Gasteiger partial charge in [0, 0.05) is 12.7 Å². The number of hydrogen-bond acceptors (Lipinski definition) is 2. The molecule has 4 heteroatoms. The maximum absolute atomic E-state index is 11.6. The monoisotopic (exact) mass is 240 g/mol. The summed E-state index contributed by atoms with van der Waals surface area (Å²) in [6.07, 6.45) is 2.49. The van der Waals surface area contributed by atoms with Gasteiger partial charge in [0.25, 0.3) is 5.91 Å².